The van der Waals surface area contributed by atoms with Crippen LogP contribution < -0.4 is 0 Å². The molecule has 202 valence electrons. The fraction of sp³-hybridized carbons (Fsp3) is 0. The van der Waals surface area contributed by atoms with Gasteiger partial charge in [-0.25, -0.2) is 19.3 Å². The first kappa shape index (κ1) is 25.3. The molecule has 0 bridgehead atoms. The molecule has 8 rings (SSSR count). The predicted octanol–water partition coefficient (Wildman–Crippen LogP) is 9.01. The molecule has 43 heavy (non-hydrogen) atoms. The van der Waals surface area contributed by atoms with Gasteiger partial charge in [-0.3, -0.25) is 5.41 Å². The van der Waals surface area contributed by atoms with Gasteiger partial charge >= 0.3 is 0 Å². The zero-order chi connectivity index (χ0) is 28.9. The van der Waals surface area contributed by atoms with Crippen molar-refractivity contribution < 1.29 is 0 Å². The second-order valence-corrected chi connectivity index (χ2v) is 10.7. The lowest BCUT2D eigenvalue weighted by Gasteiger charge is -2.19. The van der Waals surface area contributed by atoms with Crippen molar-refractivity contribution in [2.24, 2.45) is 4.40 Å². The first-order valence-electron chi connectivity index (χ1n) is 14.0. The van der Waals surface area contributed by atoms with Gasteiger partial charge in [0.05, 0.1) is 45.1 Å². The first-order valence-corrected chi connectivity index (χ1v) is 14.4. The van der Waals surface area contributed by atoms with Crippen molar-refractivity contribution in [3.63, 3.8) is 0 Å². The molecule has 0 saturated heterocycles. The predicted molar refractivity (Wildman–Crippen MR) is 181 cm³/mol. The Morgan fingerprint density at radius 2 is 1.21 bits per heavy atom. The van der Waals surface area contributed by atoms with Gasteiger partial charge in [0, 0.05) is 44.0 Å². The smallest absolute Gasteiger partial charge is 0.0972 e. The summed E-state index contributed by atoms with van der Waals surface area (Å²) in [6.07, 6.45) is 3.81. The molecular formula is C37H23N5S. The van der Waals surface area contributed by atoms with E-state index in [-0.39, 0.29) is 0 Å². The molecule has 0 saturated carbocycles. The zero-order valence-electron chi connectivity index (χ0n) is 22.9. The van der Waals surface area contributed by atoms with E-state index in [1.807, 2.05) is 60.7 Å². The molecule has 1 N–H and O–H groups in total. The minimum absolute atomic E-state index is 0.342. The number of pyridine rings is 3. The van der Waals surface area contributed by atoms with E-state index in [9.17, 15) is 0 Å². The van der Waals surface area contributed by atoms with Crippen LogP contribution in [0.25, 0.3) is 72.6 Å². The minimum Gasteiger partial charge on any atom is -0.298 e. The lowest BCUT2D eigenvalue weighted by atomic mass is 9.88. The van der Waals surface area contributed by atoms with Crippen molar-refractivity contribution in [2.45, 2.75) is 0 Å². The van der Waals surface area contributed by atoms with Crippen LogP contribution in [-0.4, -0.2) is 26.4 Å². The highest BCUT2D eigenvalue weighted by molar-refractivity contribution is 7.79. The van der Waals surface area contributed by atoms with E-state index in [2.05, 4.69) is 83.9 Å². The molecule has 0 aliphatic heterocycles. The van der Waals surface area contributed by atoms with Crippen LogP contribution in [0.1, 0.15) is 11.1 Å². The number of allylic oxidation sites excluding steroid dienone is 1. The lowest BCUT2D eigenvalue weighted by Crippen LogP contribution is -2.18. The Balaban J connectivity index is 1.29. The molecule has 7 aromatic rings. The maximum Gasteiger partial charge on any atom is 0.0972 e. The Bertz CT molecular complexity index is 2320. The number of hydrogen-bond acceptors (Lipinski definition) is 6. The van der Waals surface area contributed by atoms with Crippen LogP contribution in [0.2, 0.25) is 0 Å². The second-order valence-electron chi connectivity index (χ2n) is 10.5. The molecule has 3 heterocycles. The summed E-state index contributed by atoms with van der Waals surface area (Å²) in [5.41, 5.74) is 10.8. The molecule has 4 aromatic carbocycles. The van der Waals surface area contributed by atoms with E-state index >= 15 is 0 Å². The maximum absolute atomic E-state index is 8.88. The Labute approximate surface area is 253 Å². The molecule has 0 unspecified atom stereocenters. The Morgan fingerprint density at radius 1 is 0.581 bits per heavy atom. The third kappa shape index (κ3) is 4.23. The summed E-state index contributed by atoms with van der Waals surface area (Å²) in [6, 6.07) is 39.0. The van der Waals surface area contributed by atoms with Crippen LogP contribution in [0.3, 0.4) is 0 Å². The van der Waals surface area contributed by atoms with Crippen LogP contribution in [0.4, 0.5) is 0 Å². The third-order valence-electron chi connectivity index (χ3n) is 7.97. The highest BCUT2D eigenvalue weighted by Gasteiger charge is 2.23. The number of nitrogens with zero attached hydrogens (tertiary/aromatic N) is 4. The fourth-order valence-corrected chi connectivity index (χ4v) is 6.03. The summed E-state index contributed by atoms with van der Waals surface area (Å²) in [4.78, 5) is 15.3. The van der Waals surface area contributed by atoms with E-state index in [0.29, 0.717) is 11.4 Å². The van der Waals surface area contributed by atoms with Gasteiger partial charge in [0.2, 0.25) is 0 Å². The summed E-state index contributed by atoms with van der Waals surface area (Å²) in [5, 5.41) is 11.9. The van der Waals surface area contributed by atoms with E-state index in [1.54, 1.807) is 0 Å². The van der Waals surface area contributed by atoms with Crippen LogP contribution in [0.5, 0.6) is 0 Å². The standard InChI is InChI=1S/C37H23N5S/c38-34-32(42-43)20-17-28-33(34)27-11-4-5-12-31(27)41-35(28)26-10-6-9-25(21-26)30-19-16-24-14-13-23-15-18-29(22-7-2-1-3-8-22)39-36(23)37(24)40-30/h1-21,38,43H/b38-34?,42-32-. The Morgan fingerprint density at radius 3 is 1.95 bits per heavy atom. The highest BCUT2D eigenvalue weighted by Crippen LogP contribution is 2.36. The summed E-state index contributed by atoms with van der Waals surface area (Å²) in [5.74, 6) is 0. The van der Waals surface area contributed by atoms with Gasteiger partial charge in [-0.2, -0.15) is 0 Å². The number of rotatable bonds is 3. The maximum atomic E-state index is 8.88. The normalized spacial score (nSPS) is 13.7. The largest absolute Gasteiger partial charge is 0.298 e. The fourth-order valence-electron chi connectivity index (χ4n) is 5.86. The molecule has 1 aliphatic rings. The molecule has 3 aromatic heterocycles. The van der Waals surface area contributed by atoms with Gasteiger partial charge in [0.1, 0.15) is 0 Å². The summed E-state index contributed by atoms with van der Waals surface area (Å²) in [7, 11) is 0. The molecule has 0 atom stereocenters. The Kier molecular flexibility index (Phi) is 5.94. The van der Waals surface area contributed by atoms with Gasteiger partial charge in [0.15, 0.2) is 0 Å². The molecule has 1 aliphatic carbocycles. The van der Waals surface area contributed by atoms with Crippen molar-refractivity contribution in [1.29, 1.82) is 5.41 Å². The minimum atomic E-state index is 0.342. The molecule has 0 spiro atoms. The average Bonchev–Trinajstić information content (AvgIpc) is 3.08. The number of hydrogen-bond donors (Lipinski definition) is 2. The first-order chi connectivity index (χ1) is 21.2. The van der Waals surface area contributed by atoms with E-state index < -0.39 is 0 Å². The third-order valence-corrected chi connectivity index (χ3v) is 8.19. The number of fused-ring (bicyclic) bond motifs is 6. The quantitative estimate of drug-likeness (QED) is 0.165. The SMILES string of the molecule is N=C1/C(=N\S)C=Cc2c(-c3cccc(-c4ccc5ccc6ccc(-c7ccccc7)nc6c5n4)c3)nc3ccccc3c21. The van der Waals surface area contributed by atoms with Crippen LogP contribution in [0.15, 0.2) is 126 Å². The van der Waals surface area contributed by atoms with Crippen LogP contribution in [-0.2, 0) is 0 Å². The summed E-state index contributed by atoms with van der Waals surface area (Å²) < 4.78 is 4.03. The lowest BCUT2D eigenvalue weighted by molar-refractivity contribution is 1.35. The van der Waals surface area contributed by atoms with Gasteiger partial charge < -0.3 is 0 Å². The average molecular weight is 570 g/mol. The summed E-state index contributed by atoms with van der Waals surface area (Å²) in [6.45, 7) is 0. The van der Waals surface area contributed by atoms with Crippen molar-refractivity contribution >= 4 is 63.0 Å². The highest BCUT2D eigenvalue weighted by atomic mass is 32.1. The number of benzene rings is 4. The number of thiol groups is 1. The topological polar surface area (TPSA) is 74.9 Å². The van der Waals surface area contributed by atoms with Gasteiger partial charge in [-0.05, 0) is 49.2 Å². The van der Waals surface area contributed by atoms with Gasteiger partial charge in [-0.1, -0.05) is 91.0 Å². The van der Waals surface area contributed by atoms with Gasteiger partial charge in [-0.15, -0.1) is 0 Å². The molecule has 6 heteroatoms. The zero-order valence-corrected chi connectivity index (χ0v) is 23.8. The molecule has 0 fully saturated rings. The van der Waals surface area contributed by atoms with E-state index in [0.717, 1.165) is 77.6 Å². The molecular weight excluding hydrogens is 547 g/mol. The second kappa shape index (κ2) is 10.1. The van der Waals surface area contributed by atoms with Crippen LogP contribution in [0, 0.1) is 5.41 Å². The van der Waals surface area contributed by atoms with Crippen molar-refractivity contribution in [2.75, 3.05) is 0 Å². The Hall–Kier alpha value is -5.46. The van der Waals surface area contributed by atoms with Crippen molar-refractivity contribution in [3.8, 4) is 33.8 Å². The number of para-hydroxylation sites is 1. The van der Waals surface area contributed by atoms with E-state index in [1.165, 1.54) is 0 Å². The summed E-state index contributed by atoms with van der Waals surface area (Å²) >= 11 is 4.10. The van der Waals surface area contributed by atoms with Crippen LogP contribution >= 0.6 is 12.8 Å². The van der Waals surface area contributed by atoms with Gasteiger partial charge in [0.25, 0.3) is 0 Å². The molecule has 0 radical (unpaired) electrons. The number of aromatic nitrogens is 3. The van der Waals surface area contributed by atoms with Crippen molar-refractivity contribution in [3.05, 3.63) is 132 Å². The molecule has 5 nitrogen and oxygen atoms in total. The number of nitrogens with one attached hydrogen (secondary N) is 1. The monoisotopic (exact) mass is 569 g/mol. The van der Waals surface area contributed by atoms with E-state index in [4.69, 9.17) is 20.4 Å². The molecule has 0 amide bonds. The van der Waals surface area contributed by atoms with Crippen molar-refractivity contribution in [1.82, 2.24) is 15.0 Å².